The number of ether oxygens (including phenoxy) is 1. The number of carbonyl (C=O) groups excluding carboxylic acids is 1. The lowest BCUT2D eigenvalue weighted by atomic mass is 10.1. The van der Waals surface area contributed by atoms with Crippen molar-refractivity contribution in [3.63, 3.8) is 0 Å². The summed E-state index contributed by atoms with van der Waals surface area (Å²) < 4.78 is 15.5. The molecule has 0 bridgehead atoms. The lowest BCUT2D eigenvalue weighted by molar-refractivity contribution is 0.0303. The summed E-state index contributed by atoms with van der Waals surface area (Å²) in [5.41, 5.74) is 2.05. The van der Waals surface area contributed by atoms with Crippen LogP contribution in [0.25, 0.3) is 22.8 Å². The molecule has 4 rings (SSSR count). The van der Waals surface area contributed by atoms with E-state index in [1.54, 1.807) is 29.4 Å². The van der Waals surface area contributed by atoms with Crippen LogP contribution >= 0.6 is 0 Å². The first kappa shape index (κ1) is 14.6. The van der Waals surface area contributed by atoms with E-state index >= 15 is 0 Å². The Morgan fingerprint density at radius 2 is 2.00 bits per heavy atom. The molecule has 3 heterocycles. The van der Waals surface area contributed by atoms with Crippen LogP contribution in [-0.4, -0.2) is 47.3 Å². The van der Waals surface area contributed by atoms with Crippen LogP contribution in [0.2, 0.25) is 0 Å². The second-order valence-electron chi connectivity index (χ2n) is 5.42. The van der Waals surface area contributed by atoms with E-state index in [0.717, 1.165) is 5.56 Å². The molecule has 1 aliphatic heterocycles. The van der Waals surface area contributed by atoms with Gasteiger partial charge in [-0.2, -0.15) is 4.98 Å². The van der Waals surface area contributed by atoms with Gasteiger partial charge in [-0.15, -0.1) is 0 Å². The first-order chi connectivity index (χ1) is 11.8. The molecule has 0 spiro atoms. The Morgan fingerprint density at radius 1 is 1.12 bits per heavy atom. The predicted molar refractivity (Wildman–Crippen MR) is 84.2 cm³/mol. The van der Waals surface area contributed by atoms with Crippen LogP contribution in [0.4, 0.5) is 0 Å². The first-order valence-electron chi connectivity index (χ1n) is 7.65. The number of amides is 1. The Labute approximate surface area is 137 Å². The van der Waals surface area contributed by atoms with Gasteiger partial charge in [-0.1, -0.05) is 17.3 Å². The Kier molecular flexibility index (Phi) is 3.84. The molecule has 1 saturated heterocycles. The molecule has 24 heavy (non-hydrogen) atoms. The van der Waals surface area contributed by atoms with Gasteiger partial charge in [0.2, 0.25) is 5.82 Å². The van der Waals surface area contributed by atoms with Gasteiger partial charge in [0, 0.05) is 24.2 Å². The van der Waals surface area contributed by atoms with Gasteiger partial charge in [-0.05, 0) is 18.2 Å². The topological polar surface area (TPSA) is 81.6 Å². The number of hydrogen-bond acceptors (Lipinski definition) is 6. The molecular formula is C17H15N3O4. The van der Waals surface area contributed by atoms with Crippen LogP contribution in [0.5, 0.6) is 0 Å². The number of nitrogens with zero attached hydrogens (tertiary/aromatic N) is 3. The second kappa shape index (κ2) is 6.29. The molecule has 0 atom stereocenters. The molecule has 0 radical (unpaired) electrons. The van der Waals surface area contributed by atoms with Crippen molar-refractivity contribution in [3.8, 4) is 22.8 Å². The van der Waals surface area contributed by atoms with E-state index in [1.165, 1.54) is 6.26 Å². The molecule has 0 N–H and O–H groups in total. The van der Waals surface area contributed by atoms with Crippen LogP contribution in [-0.2, 0) is 4.74 Å². The minimum Gasteiger partial charge on any atom is -0.472 e. The van der Waals surface area contributed by atoms with Gasteiger partial charge in [-0.25, -0.2) is 0 Å². The molecule has 7 heteroatoms. The Balaban J connectivity index is 1.59. The summed E-state index contributed by atoms with van der Waals surface area (Å²) >= 11 is 0. The average molecular weight is 325 g/mol. The number of carbonyl (C=O) groups is 1. The molecule has 1 aliphatic rings. The number of benzene rings is 1. The molecule has 3 aromatic rings. The highest BCUT2D eigenvalue weighted by Gasteiger charge is 2.19. The standard InChI is InChI=1S/C17H15N3O4/c21-17(20-5-8-22-9-6-20)13-3-1-2-12(10-13)15-18-16(24-19-15)14-4-7-23-11-14/h1-4,7,10-11H,5-6,8-9H2. The number of morpholine rings is 1. The summed E-state index contributed by atoms with van der Waals surface area (Å²) in [4.78, 5) is 18.7. The fraction of sp³-hybridized carbons (Fsp3) is 0.235. The third-order valence-corrected chi connectivity index (χ3v) is 3.86. The highest BCUT2D eigenvalue weighted by Crippen LogP contribution is 2.23. The van der Waals surface area contributed by atoms with Gasteiger partial charge in [0.1, 0.15) is 6.26 Å². The van der Waals surface area contributed by atoms with E-state index in [4.69, 9.17) is 13.7 Å². The molecule has 0 aliphatic carbocycles. The van der Waals surface area contributed by atoms with Crippen LogP contribution in [0.15, 0.2) is 51.8 Å². The lowest BCUT2D eigenvalue weighted by Gasteiger charge is -2.26. The number of rotatable bonds is 3. The van der Waals surface area contributed by atoms with Crippen molar-refractivity contribution in [1.29, 1.82) is 0 Å². The quantitative estimate of drug-likeness (QED) is 0.736. The molecule has 2 aromatic heterocycles. The average Bonchev–Trinajstić information content (AvgIpc) is 3.33. The van der Waals surface area contributed by atoms with E-state index < -0.39 is 0 Å². The first-order valence-corrected chi connectivity index (χ1v) is 7.65. The molecule has 1 fully saturated rings. The fourth-order valence-corrected chi connectivity index (χ4v) is 2.58. The van der Waals surface area contributed by atoms with Gasteiger partial charge >= 0.3 is 0 Å². The number of furan rings is 1. The van der Waals surface area contributed by atoms with Crippen LogP contribution in [0.3, 0.4) is 0 Å². The summed E-state index contributed by atoms with van der Waals surface area (Å²) in [6, 6.07) is 8.98. The summed E-state index contributed by atoms with van der Waals surface area (Å²) in [6.45, 7) is 2.36. The van der Waals surface area contributed by atoms with Crippen molar-refractivity contribution in [1.82, 2.24) is 15.0 Å². The Morgan fingerprint density at radius 3 is 2.79 bits per heavy atom. The summed E-state index contributed by atoms with van der Waals surface area (Å²) in [6.07, 6.45) is 3.08. The van der Waals surface area contributed by atoms with Crippen molar-refractivity contribution >= 4 is 5.91 Å². The lowest BCUT2D eigenvalue weighted by Crippen LogP contribution is -2.40. The summed E-state index contributed by atoms with van der Waals surface area (Å²) in [5, 5.41) is 3.98. The van der Waals surface area contributed by atoms with E-state index in [9.17, 15) is 4.79 Å². The molecule has 0 saturated carbocycles. The Bertz CT molecular complexity index is 835. The number of aromatic nitrogens is 2. The van der Waals surface area contributed by atoms with Crippen molar-refractivity contribution in [2.45, 2.75) is 0 Å². The zero-order valence-corrected chi connectivity index (χ0v) is 12.8. The smallest absolute Gasteiger partial charge is 0.261 e. The highest BCUT2D eigenvalue weighted by molar-refractivity contribution is 5.95. The zero-order chi connectivity index (χ0) is 16.4. The van der Waals surface area contributed by atoms with Gasteiger partial charge in [-0.3, -0.25) is 4.79 Å². The summed E-state index contributed by atoms with van der Waals surface area (Å²) in [5.74, 6) is 0.796. The highest BCUT2D eigenvalue weighted by atomic mass is 16.5. The van der Waals surface area contributed by atoms with Gasteiger partial charge < -0.3 is 18.6 Å². The van der Waals surface area contributed by atoms with Crippen LogP contribution in [0, 0.1) is 0 Å². The monoisotopic (exact) mass is 325 g/mol. The number of hydrogen-bond donors (Lipinski definition) is 0. The SMILES string of the molecule is O=C(c1cccc(-c2noc(-c3ccoc3)n2)c1)N1CCOCC1. The van der Waals surface area contributed by atoms with Crippen molar-refractivity contribution < 1.29 is 18.5 Å². The molecule has 0 unspecified atom stereocenters. The fourth-order valence-electron chi connectivity index (χ4n) is 2.58. The van der Waals surface area contributed by atoms with E-state index in [1.807, 2.05) is 12.1 Å². The maximum atomic E-state index is 12.6. The van der Waals surface area contributed by atoms with Gasteiger partial charge in [0.15, 0.2) is 0 Å². The normalized spacial score (nSPS) is 14.8. The van der Waals surface area contributed by atoms with E-state index in [0.29, 0.717) is 49.1 Å². The van der Waals surface area contributed by atoms with Crippen LogP contribution in [0.1, 0.15) is 10.4 Å². The second-order valence-corrected chi connectivity index (χ2v) is 5.42. The third-order valence-electron chi connectivity index (χ3n) is 3.86. The largest absolute Gasteiger partial charge is 0.472 e. The minimum absolute atomic E-state index is 0.0151. The predicted octanol–water partition coefficient (Wildman–Crippen LogP) is 2.47. The van der Waals surface area contributed by atoms with Gasteiger partial charge in [0.25, 0.3) is 11.8 Å². The van der Waals surface area contributed by atoms with Crippen LogP contribution < -0.4 is 0 Å². The van der Waals surface area contributed by atoms with E-state index in [-0.39, 0.29) is 5.91 Å². The maximum absolute atomic E-state index is 12.6. The van der Waals surface area contributed by atoms with Crippen molar-refractivity contribution in [3.05, 3.63) is 48.4 Å². The zero-order valence-electron chi connectivity index (χ0n) is 12.8. The molecule has 1 aromatic carbocycles. The van der Waals surface area contributed by atoms with E-state index in [2.05, 4.69) is 10.1 Å². The third kappa shape index (κ3) is 2.81. The van der Waals surface area contributed by atoms with Gasteiger partial charge in [0.05, 0.1) is 25.0 Å². The maximum Gasteiger partial charge on any atom is 0.261 e. The molecule has 7 nitrogen and oxygen atoms in total. The van der Waals surface area contributed by atoms with Crippen molar-refractivity contribution in [2.75, 3.05) is 26.3 Å². The van der Waals surface area contributed by atoms with Crippen molar-refractivity contribution in [2.24, 2.45) is 0 Å². The Hall–Kier alpha value is -2.93. The summed E-state index contributed by atoms with van der Waals surface area (Å²) in [7, 11) is 0. The molecular weight excluding hydrogens is 310 g/mol. The minimum atomic E-state index is -0.0151. The molecule has 1 amide bonds. The molecule has 122 valence electrons.